The molecule has 0 aromatic heterocycles. The molecule has 0 radical (unpaired) electrons. The van der Waals surface area contributed by atoms with Crippen LogP contribution in [0.1, 0.15) is 29.5 Å². The van der Waals surface area contributed by atoms with Crippen LogP contribution in [0, 0.1) is 20.8 Å². The molecule has 1 aliphatic rings. The van der Waals surface area contributed by atoms with Crippen molar-refractivity contribution >= 4 is 15.9 Å². The highest BCUT2D eigenvalue weighted by molar-refractivity contribution is 7.89. The number of rotatable bonds is 7. The van der Waals surface area contributed by atoms with E-state index in [2.05, 4.69) is 4.72 Å². The van der Waals surface area contributed by atoms with Crippen molar-refractivity contribution < 1.29 is 22.7 Å². The van der Waals surface area contributed by atoms with Gasteiger partial charge in [-0.3, -0.25) is 4.79 Å². The number of amides is 1. The lowest BCUT2D eigenvalue weighted by molar-refractivity contribution is -0.134. The largest absolute Gasteiger partial charge is 0.497 e. The van der Waals surface area contributed by atoms with Crippen molar-refractivity contribution in [2.24, 2.45) is 0 Å². The Labute approximate surface area is 184 Å². The van der Waals surface area contributed by atoms with Gasteiger partial charge in [0.25, 0.3) is 5.91 Å². The molecule has 1 fully saturated rings. The number of aryl methyl sites for hydroxylation is 2. The average molecular weight is 447 g/mol. The number of nitrogens with zero attached hydrogens (tertiary/aromatic N) is 1. The molecule has 3 rings (SSSR count). The maximum Gasteiger partial charge on any atom is 0.260 e. The Morgan fingerprint density at radius 1 is 1.03 bits per heavy atom. The van der Waals surface area contributed by atoms with Crippen LogP contribution in [-0.2, 0) is 14.8 Å². The molecule has 0 spiro atoms. The number of sulfonamides is 1. The van der Waals surface area contributed by atoms with E-state index in [1.54, 1.807) is 17.0 Å². The topological polar surface area (TPSA) is 84.9 Å². The molecule has 31 heavy (non-hydrogen) atoms. The number of nitrogens with one attached hydrogen (secondary N) is 1. The van der Waals surface area contributed by atoms with E-state index in [1.807, 2.05) is 32.9 Å². The summed E-state index contributed by atoms with van der Waals surface area (Å²) in [7, 11) is -2.08. The molecule has 2 aromatic carbocycles. The van der Waals surface area contributed by atoms with Gasteiger partial charge in [0.1, 0.15) is 11.5 Å². The lowest BCUT2D eigenvalue weighted by atomic mass is 10.1. The van der Waals surface area contributed by atoms with Crippen molar-refractivity contribution in [1.82, 2.24) is 9.62 Å². The predicted molar refractivity (Wildman–Crippen MR) is 119 cm³/mol. The maximum absolute atomic E-state index is 12.6. The second-order valence-electron chi connectivity index (χ2n) is 7.89. The molecule has 1 saturated heterocycles. The van der Waals surface area contributed by atoms with Crippen LogP contribution in [0.3, 0.4) is 0 Å². The maximum atomic E-state index is 12.6. The van der Waals surface area contributed by atoms with E-state index in [0.717, 1.165) is 22.4 Å². The van der Waals surface area contributed by atoms with Gasteiger partial charge >= 0.3 is 0 Å². The van der Waals surface area contributed by atoms with Gasteiger partial charge in [-0.15, -0.1) is 0 Å². The van der Waals surface area contributed by atoms with E-state index in [0.29, 0.717) is 31.7 Å². The van der Waals surface area contributed by atoms with Crippen molar-refractivity contribution in [1.29, 1.82) is 0 Å². The van der Waals surface area contributed by atoms with Crippen molar-refractivity contribution in [2.45, 2.75) is 44.6 Å². The highest BCUT2D eigenvalue weighted by Crippen LogP contribution is 2.26. The van der Waals surface area contributed by atoms with Gasteiger partial charge in [-0.25, -0.2) is 13.1 Å². The van der Waals surface area contributed by atoms with Gasteiger partial charge < -0.3 is 14.4 Å². The van der Waals surface area contributed by atoms with Crippen molar-refractivity contribution in [3.63, 3.8) is 0 Å². The zero-order chi connectivity index (χ0) is 22.6. The first-order chi connectivity index (χ1) is 14.7. The van der Waals surface area contributed by atoms with Gasteiger partial charge in [0.2, 0.25) is 10.0 Å². The number of benzene rings is 2. The van der Waals surface area contributed by atoms with Gasteiger partial charge in [-0.05, 0) is 74.6 Å². The molecule has 1 heterocycles. The summed E-state index contributed by atoms with van der Waals surface area (Å²) in [4.78, 5) is 14.5. The van der Waals surface area contributed by atoms with Gasteiger partial charge in [-0.1, -0.05) is 12.1 Å². The van der Waals surface area contributed by atoms with E-state index in [4.69, 9.17) is 9.47 Å². The summed E-state index contributed by atoms with van der Waals surface area (Å²) in [5.41, 5.74) is 3.17. The summed E-state index contributed by atoms with van der Waals surface area (Å²) in [6.07, 6.45) is 1.12. The molecule has 168 valence electrons. The monoisotopic (exact) mass is 446 g/mol. The molecule has 0 aliphatic carbocycles. The van der Waals surface area contributed by atoms with Crippen LogP contribution in [0.4, 0.5) is 0 Å². The molecule has 0 unspecified atom stereocenters. The summed E-state index contributed by atoms with van der Waals surface area (Å²) in [6, 6.07) is 10.1. The van der Waals surface area contributed by atoms with E-state index >= 15 is 0 Å². The third-order valence-electron chi connectivity index (χ3n) is 5.75. The summed E-state index contributed by atoms with van der Waals surface area (Å²) >= 11 is 0. The van der Waals surface area contributed by atoms with E-state index in [-0.39, 0.29) is 23.5 Å². The van der Waals surface area contributed by atoms with Crippen molar-refractivity contribution in [2.75, 3.05) is 26.8 Å². The van der Waals surface area contributed by atoms with E-state index in [1.165, 1.54) is 19.2 Å². The summed E-state index contributed by atoms with van der Waals surface area (Å²) < 4.78 is 38.9. The average Bonchev–Trinajstić information content (AvgIpc) is 2.76. The third-order valence-corrected chi connectivity index (χ3v) is 7.29. The predicted octanol–water partition coefficient (Wildman–Crippen LogP) is 2.97. The normalized spacial score (nSPS) is 15.0. The quantitative estimate of drug-likeness (QED) is 0.707. The summed E-state index contributed by atoms with van der Waals surface area (Å²) in [6.45, 7) is 6.93. The number of piperidine rings is 1. The zero-order valence-electron chi connectivity index (χ0n) is 18.5. The molecular weight excluding hydrogens is 416 g/mol. The van der Waals surface area contributed by atoms with Gasteiger partial charge in [0.05, 0.1) is 12.0 Å². The molecule has 1 aliphatic heterocycles. The number of carbonyl (C=O) groups excluding carboxylic acids is 1. The molecular formula is C23H30N2O5S. The number of hydrogen-bond donors (Lipinski definition) is 1. The van der Waals surface area contributed by atoms with E-state index in [9.17, 15) is 13.2 Å². The summed E-state index contributed by atoms with van der Waals surface area (Å²) in [5.74, 6) is 1.27. The van der Waals surface area contributed by atoms with Crippen LogP contribution in [0.2, 0.25) is 0 Å². The molecule has 0 bridgehead atoms. The third kappa shape index (κ3) is 5.57. The Hall–Kier alpha value is -2.58. The smallest absolute Gasteiger partial charge is 0.260 e. The lowest BCUT2D eigenvalue weighted by Crippen LogP contribution is -2.47. The van der Waals surface area contributed by atoms with Gasteiger partial charge in [-0.2, -0.15) is 0 Å². The van der Waals surface area contributed by atoms with Crippen LogP contribution in [0.25, 0.3) is 0 Å². The fourth-order valence-corrected chi connectivity index (χ4v) is 4.97. The number of methoxy groups -OCH3 is 1. The number of hydrogen-bond acceptors (Lipinski definition) is 5. The van der Waals surface area contributed by atoms with Gasteiger partial charge in [0.15, 0.2) is 6.61 Å². The van der Waals surface area contributed by atoms with Crippen LogP contribution in [-0.4, -0.2) is 52.1 Å². The number of likely N-dealkylation sites (tertiary alicyclic amines) is 1. The molecule has 1 amide bonds. The fourth-order valence-electron chi connectivity index (χ4n) is 3.66. The fraction of sp³-hybridized carbons (Fsp3) is 0.435. The highest BCUT2D eigenvalue weighted by Gasteiger charge is 2.27. The van der Waals surface area contributed by atoms with Crippen LogP contribution in [0.15, 0.2) is 41.3 Å². The Morgan fingerprint density at radius 3 is 2.26 bits per heavy atom. The molecule has 7 nitrogen and oxygen atoms in total. The minimum absolute atomic E-state index is 0.0205. The molecule has 8 heteroatoms. The minimum Gasteiger partial charge on any atom is -0.497 e. The number of carbonyl (C=O) groups is 1. The van der Waals surface area contributed by atoms with Crippen molar-refractivity contribution in [3.05, 3.63) is 53.1 Å². The first-order valence-corrected chi connectivity index (χ1v) is 11.8. The number of ether oxygens (including phenoxy) is 2. The van der Waals surface area contributed by atoms with Crippen molar-refractivity contribution in [3.8, 4) is 11.5 Å². The molecule has 0 atom stereocenters. The molecule has 2 aromatic rings. The second kappa shape index (κ2) is 9.70. The van der Waals surface area contributed by atoms with Crippen LogP contribution in [0.5, 0.6) is 11.5 Å². The second-order valence-corrected chi connectivity index (χ2v) is 9.61. The SMILES string of the molecule is COc1ccc(S(=O)(=O)NC2CCN(C(=O)COc3c(C)ccc(C)c3C)CC2)cc1. The Balaban J connectivity index is 1.52. The lowest BCUT2D eigenvalue weighted by Gasteiger charge is -2.32. The minimum atomic E-state index is -3.62. The summed E-state index contributed by atoms with van der Waals surface area (Å²) in [5, 5.41) is 0. The molecule has 0 saturated carbocycles. The Morgan fingerprint density at radius 2 is 1.65 bits per heavy atom. The van der Waals surface area contributed by atoms with Gasteiger partial charge in [0, 0.05) is 19.1 Å². The van der Waals surface area contributed by atoms with Crippen LogP contribution < -0.4 is 14.2 Å². The Kier molecular flexibility index (Phi) is 7.23. The van der Waals surface area contributed by atoms with E-state index < -0.39 is 10.0 Å². The Bertz CT molecular complexity index is 1030. The van der Waals surface area contributed by atoms with Crippen LogP contribution >= 0.6 is 0 Å². The highest BCUT2D eigenvalue weighted by atomic mass is 32.2. The molecule has 1 N–H and O–H groups in total. The first kappa shape index (κ1) is 23.1. The zero-order valence-corrected chi connectivity index (χ0v) is 19.3. The standard InChI is InChI=1S/C23H30N2O5S/c1-16-5-6-17(2)23(18(16)3)30-15-22(26)25-13-11-19(12-14-25)24-31(27,28)21-9-7-20(29-4)8-10-21/h5-10,19,24H,11-15H2,1-4H3. The first-order valence-electron chi connectivity index (χ1n) is 10.3.